The summed E-state index contributed by atoms with van der Waals surface area (Å²) in [6.07, 6.45) is 4.12. The number of amides is 1. The molecule has 0 unspecified atom stereocenters. The smallest absolute Gasteiger partial charge is 0.269 e. The van der Waals surface area contributed by atoms with E-state index in [-0.39, 0.29) is 17.7 Å². The van der Waals surface area contributed by atoms with Crippen LogP contribution in [-0.2, 0) is 9.53 Å². The molecule has 1 saturated heterocycles. The van der Waals surface area contributed by atoms with Gasteiger partial charge in [0.15, 0.2) is 0 Å². The van der Waals surface area contributed by atoms with Gasteiger partial charge in [0.25, 0.3) is 5.69 Å². The monoisotopic (exact) mass is 364 g/mol. The van der Waals surface area contributed by atoms with Crippen molar-refractivity contribution in [1.29, 1.82) is 0 Å². The molecule has 1 aliphatic rings. The maximum absolute atomic E-state index is 12.3. The Balaban J connectivity index is 1.60. The van der Waals surface area contributed by atoms with Gasteiger partial charge in [0.05, 0.1) is 11.0 Å². The summed E-state index contributed by atoms with van der Waals surface area (Å²) in [7, 11) is 0. The molecule has 0 atom stereocenters. The number of non-ortho nitro benzene ring substituents is 1. The highest BCUT2D eigenvalue weighted by Gasteiger charge is 2.22. The molecule has 0 aliphatic carbocycles. The normalized spacial score (nSPS) is 15.0. The van der Waals surface area contributed by atoms with E-state index >= 15 is 0 Å². The number of nitrogens with zero attached hydrogens (tertiary/aromatic N) is 2. The fourth-order valence-electron chi connectivity index (χ4n) is 2.94. The maximum Gasteiger partial charge on any atom is 0.269 e. The van der Waals surface area contributed by atoms with Crippen LogP contribution in [0.25, 0.3) is 0 Å². The van der Waals surface area contributed by atoms with Crippen LogP contribution in [0.5, 0.6) is 0 Å². The summed E-state index contributed by atoms with van der Waals surface area (Å²) >= 11 is 0. The van der Waals surface area contributed by atoms with Gasteiger partial charge in [-0.05, 0) is 44.4 Å². The average molecular weight is 364 g/mol. The van der Waals surface area contributed by atoms with Crippen molar-refractivity contribution < 1.29 is 14.5 Å². The topological polar surface area (TPSA) is 111 Å². The first kappa shape index (κ1) is 20.1. The number of hydrogen-bond donors (Lipinski definition) is 2. The van der Waals surface area contributed by atoms with E-state index in [9.17, 15) is 14.9 Å². The van der Waals surface area contributed by atoms with E-state index in [0.717, 1.165) is 44.5 Å². The molecule has 26 heavy (non-hydrogen) atoms. The van der Waals surface area contributed by atoms with E-state index in [1.54, 1.807) is 12.1 Å². The van der Waals surface area contributed by atoms with E-state index < -0.39 is 4.92 Å². The number of nitro groups is 1. The van der Waals surface area contributed by atoms with Crippen LogP contribution in [0.15, 0.2) is 24.3 Å². The first-order valence-electron chi connectivity index (χ1n) is 9.18. The average Bonchev–Trinajstić information content (AvgIpc) is 2.66. The van der Waals surface area contributed by atoms with Crippen LogP contribution in [0, 0.1) is 10.1 Å². The van der Waals surface area contributed by atoms with Crippen LogP contribution in [0.4, 0.5) is 11.4 Å². The standard InChI is InChI=1S/C18H28N4O4/c19-10-2-14-26-17-8-12-21(13-9-17)18(23)3-1-11-20-15-4-6-16(7-5-15)22(24)25/h4-7,17,20H,1-3,8-14,19H2. The number of nitrogens with two attached hydrogens (primary N) is 1. The minimum atomic E-state index is -0.422. The van der Waals surface area contributed by atoms with Gasteiger partial charge >= 0.3 is 0 Å². The van der Waals surface area contributed by atoms with E-state index in [1.807, 2.05) is 4.90 Å². The summed E-state index contributed by atoms with van der Waals surface area (Å²) in [5, 5.41) is 13.8. The van der Waals surface area contributed by atoms with Gasteiger partial charge in [0.1, 0.15) is 0 Å². The number of carbonyl (C=O) groups is 1. The molecule has 0 aromatic heterocycles. The molecule has 0 bridgehead atoms. The Morgan fingerprint density at radius 3 is 2.58 bits per heavy atom. The molecule has 1 aliphatic heterocycles. The van der Waals surface area contributed by atoms with Gasteiger partial charge in [0.2, 0.25) is 5.91 Å². The van der Waals surface area contributed by atoms with Gasteiger partial charge in [-0.2, -0.15) is 0 Å². The second kappa shape index (κ2) is 10.7. The molecule has 8 heteroatoms. The number of carbonyl (C=O) groups excluding carboxylic acids is 1. The fourth-order valence-corrected chi connectivity index (χ4v) is 2.94. The summed E-state index contributed by atoms with van der Waals surface area (Å²) in [6.45, 7) is 3.50. The van der Waals surface area contributed by atoms with Gasteiger partial charge in [-0.25, -0.2) is 0 Å². The number of likely N-dealkylation sites (tertiary alicyclic amines) is 1. The Morgan fingerprint density at radius 1 is 1.27 bits per heavy atom. The van der Waals surface area contributed by atoms with Gasteiger partial charge in [-0.15, -0.1) is 0 Å². The van der Waals surface area contributed by atoms with Crippen molar-refractivity contribution in [3.63, 3.8) is 0 Å². The second-order valence-corrected chi connectivity index (χ2v) is 6.43. The largest absolute Gasteiger partial charge is 0.385 e. The van der Waals surface area contributed by atoms with Crippen molar-refractivity contribution in [2.45, 2.75) is 38.2 Å². The first-order chi connectivity index (χ1) is 12.6. The number of ether oxygens (including phenoxy) is 1. The third kappa shape index (κ3) is 6.61. The zero-order valence-corrected chi connectivity index (χ0v) is 15.1. The molecule has 144 valence electrons. The molecular weight excluding hydrogens is 336 g/mol. The molecule has 1 aromatic rings. The molecule has 0 saturated carbocycles. The predicted molar refractivity (Wildman–Crippen MR) is 100 cm³/mol. The summed E-state index contributed by atoms with van der Waals surface area (Å²) < 4.78 is 5.75. The summed E-state index contributed by atoms with van der Waals surface area (Å²) in [4.78, 5) is 24.4. The quantitative estimate of drug-likeness (QED) is 0.374. The van der Waals surface area contributed by atoms with Crippen LogP contribution in [0.1, 0.15) is 32.1 Å². The highest BCUT2D eigenvalue weighted by Crippen LogP contribution is 2.17. The number of nitro benzene ring substituents is 1. The summed E-state index contributed by atoms with van der Waals surface area (Å²) in [6, 6.07) is 6.28. The molecule has 1 amide bonds. The second-order valence-electron chi connectivity index (χ2n) is 6.43. The Morgan fingerprint density at radius 2 is 1.96 bits per heavy atom. The lowest BCUT2D eigenvalue weighted by Crippen LogP contribution is -2.41. The van der Waals surface area contributed by atoms with E-state index in [0.29, 0.717) is 26.1 Å². The van der Waals surface area contributed by atoms with Crippen molar-refractivity contribution in [2.75, 3.05) is 38.1 Å². The lowest BCUT2D eigenvalue weighted by molar-refractivity contribution is -0.384. The third-order valence-electron chi connectivity index (χ3n) is 4.47. The van der Waals surface area contributed by atoms with Crippen molar-refractivity contribution in [3.8, 4) is 0 Å². The van der Waals surface area contributed by atoms with Crippen LogP contribution < -0.4 is 11.1 Å². The van der Waals surface area contributed by atoms with Crippen molar-refractivity contribution >= 4 is 17.3 Å². The van der Waals surface area contributed by atoms with Gasteiger partial charge in [-0.1, -0.05) is 0 Å². The number of rotatable bonds is 10. The van der Waals surface area contributed by atoms with Gasteiger partial charge in [-0.3, -0.25) is 14.9 Å². The lowest BCUT2D eigenvalue weighted by Gasteiger charge is -2.32. The molecule has 0 spiro atoms. The lowest BCUT2D eigenvalue weighted by atomic mass is 10.1. The minimum Gasteiger partial charge on any atom is -0.385 e. The zero-order chi connectivity index (χ0) is 18.8. The van der Waals surface area contributed by atoms with E-state index in [1.165, 1.54) is 12.1 Å². The van der Waals surface area contributed by atoms with Crippen molar-refractivity contribution in [2.24, 2.45) is 5.73 Å². The molecular formula is C18H28N4O4. The highest BCUT2D eigenvalue weighted by molar-refractivity contribution is 5.76. The molecule has 2 rings (SSSR count). The van der Waals surface area contributed by atoms with Crippen molar-refractivity contribution in [1.82, 2.24) is 4.90 Å². The Bertz CT molecular complexity index is 571. The number of piperidine rings is 1. The molecule has 0 radical (unpaired) electrons. The minimum absolute atomic E-state index is 0.0705. The number of anilines is 1. The van der Waals surface area contributed by atoms with Crippen LogP contribution in [-0.4, -0.2) is 54.6 Å². The third-order valence-corrected chi connectivity index (χ3v) is 4.47. The highest BCUT2D eigenvalue weighted by atomic mass is 16.6. The Labute approximate surface area is 153 Å². The van der Waals surface area contributed by atoms with E-state index in [4.69, 9.17) is 10.5 Å². The van der Waals surface area contributed by atoms with Crippen LogP contribution in [0.3, 0.4) is 0 Å². The Hall–Kier alpha value is -2.19. The number of benzene rings is 1. The van der Waals surface area contributed by atoms with Crippen LogP contribution >= 0.6 is 0 Å². The first-order valence-corrected chi connectivity index (χ1v) is 9.18. The number of nitrogens with one attached hydrogen (secondary N) is 1. The van der Waals surface area contributed by atoms with Gasteiger partial charge in [0, 0.05) is 50.5 Å². The predicted octanol–water partition coefficient (Wildman–Crippen LogP) is 2.14. The molecule has 1 fully saturated rings. The molecule has 1 heterocycles. The van der Waals surface area contributed by atoms with Gasteiger partial charge < -0.3 is 20.7 Å². The summed E-state index contributed by atoms with van der Waals surface area (Å²) in [5.74, 6) is 0.177. The zero-order valence-electron chi connectivity index (χ0n) is 15.1. The number of hydrogen-bond acceptors (Lipinski definition) is 6. The summed E-state index contributed by atoms with van der Waals surface area (Å²) in [5.41, 5.74) is 6.34. The SMILES string of the molecule is NCCCOC1CCN(C(=O)CCCNc2ccc([N+](=O)[O-])cc2)CC1. The molecule has 3 N–H and O–H groups in total. The van der Waals surface area contributed by atoms with Crippen molar-refractivity contribution in [3.05, 3.63) is 34.4 Å². The Kier molecular flexibility index (Phi) is 8.30. The van der Waals surface area contributed by atoms with E-state index in [2.05, 4.69) is 5.32 Å². The fraction of sp³-hybridized carbons (Fsp3) is 0.611. The molecule has 8 nitrogen and oxygen atoms in total. The maximum atomic E-state index is 12.3. The molecule has 1 aromatic carbocycles. The van der Waals surface area contributed by atoms with Crippen LogP contribution in [0.2, 0.25) is 0 Å².